The van der Waals surface area contributed by atoms with E-state index >= 15 is 0 Å². The monoisotopic (exact) mass is 388 g/mol. The normalized spacial score (nSPS) is 10.8. The lowest BCUT2D eigenvalue weighted by Gasteiger charge is -2.06. The SMILES string of the molecule is CCOc1ccc(/C=N/NC(=O)Cc2ccc(C)cc2C)cc1Br. The number of halogens is 1. The molecule has 0 saturated heterocycles. The number of aryl methyl sites for hydroxylation is 2. The molecule has 5 heteroatoms. The highest BCUT2D eigenvalue weighted by Crippen LogP contribution is 2.25. The number of nitrogens with zero attached hydrogens (tertiary/aromatic N) is 1. The lowest BCUT2D eigenvalue weighted by molar-refractivity contribution is -0.120. The zero-order valence-electron chi connectivity index (χ0n) is 14.1. The molecule has 126 valence electrons. The molecule has 0 bridgehead atoms. The highest BCUT2D eigenvalue weighted by molar-refractivity contribution is 9.10. The summed E-state index contributed by atoms with van der Waals surface area (Å²) in [5.74, 6) is 0.650. The smallest absolute Gasteiger partial charge is 0.244 e. The van der Waals surface area contributed by atoms with Crippen molar-refractivity contribution in [1.82, 2.24) is 5.43 Å². The third-order valence-electron chi connectivity index (χ3n) is 3.51. The van der Waals surface area contributed by atoms with Gasteiger partial charge in [0, 0.05) is 0 Å². The van der Waals surface area contributed by atoms with Crippen molar-refractivity contribution in [2.45, 2.75) is 27.2 Å². The van der Waals surface area contributed by atoms with Crippen molar-refractivity contribution in [3.05, 3.63) is 63.1 Å². The van der Waals surface area contributed by atoms with Gasteiger partial charge in [-0.25, -0.2) is 5.43 Å². The second kappa shape index (κ2) is 8.64. The molecule has 2 aromatic carbocycles. The molecule has 0 aliphatic rings. The van der Waals surface area contributed by atoms with Crippen molar-refractivity contribution in [1.29, 1.82) is 0 Å². The first-order valence-electron chi connectivity index (χ1n) is 7.80. The maximum Gasteiger partial charge on any atom is 0.244 e. The molecule has 0 unspecified atom stereocenters. The number of rotatable bonds is 6. The third kappa shape index (κ3) is 5.20. The van der Waals surface area contributed by atoms with E-state index in [0.29, 0.717) is 13.0 Å². The summed E-state index contributed by atoms with van der Waals surface area (Å²) in [6.45, 7) is 6.60. The Morgan fingerprint density at radius 2 is 2.04 bits per heavy atom. The van der Waals surface area contributed by atoms with Crippen LogP contribution in [0.1, 0.15) is 29.2 Å². The Bertz CT molecular complexity index is 757. The van der Waals surface area contributed by atoms with E-state index in [4.69, 9.17) is 4.74 Å². The van der Waals surface area contributed by atoms with Gasteiger partial charge in [-0.15, -0.1) is 0 Å². The van der Waals surface area contributed by atoms with Crippen LogP contribution in [0.4, 0.5) is 0 Å². The Kier molecular flexibility index (Phi) is 6.55. The summed E-state index contributed by atoms with van der Waals surface area (Å²) in [6, 6.07) is 11.7. The molecule has 4 nitrogen and oxygen atoms in total. The van der Waals surface area contributed by atoms with Gasteiger partial charge in [0.1, 0.15) is 5.75 Å². The molecule has 1 N–H and O–H groups in total. The van der Waals surface area contributed by atoms with Crippen molar-refractivity contribution >= 4 is 28.1 Å². The van der Waals surface area contributed by atoms with Crippen LogP contribution in [0.15, 0.2) is 46.0 Å². The lowest BCUT2D eigenvalue weighted by atomic mass is 10.0. The molecule has 0 aromatic heterocycles. The number of carbonyl (C=O) groups excluding carboxylic acids is 1. The Balaban J connectivity index is 1.93. The summed E-state index contributed by atoms with van der Waals surface area (Å²) in [6.07, 6.45) is 1.93. The minimum absolute atomic E-state index is 0.136. The Morgan fingerprint density at radius 1 is 1.25 bits per heavy atom. The fourth-order valence-corrected chi connectivity index (χ4v) is 2.82. The third-order valence-corrected chi connectivity index (χ3v) is 4.13. The number of nitrogens with one attached hydrogen (secondary N) is 1. The topological polar surface area (TPSA) is 50.7 Å². The van der Waals surface area contributed by atoms with E-state index in [1.807, 2.05) is 51.1 Å². The average Bonchev–Trinajstić information content (AvgIpc) is 2.53. The molecule has 0 heterocycles. The number of hydrogen-bond acceptors (Lipinski definition) is 3. The minimum atomic E-state index is -0.136. The fraction of sp³-hybridized carbons (Fsp3) is 0.263. The van der Waals surface area contributed by atoms with Crippen LogP contribution >= 0.6 is 15.9 Å². The Morgan fingerprint density at radius 3 is 2.71 bits per heavy atom. The summed E-state index contributed by atoms with van der Waals surface area (Å²) in [4.78, 5) is 12.0. The van der Waals surface area contributed by atoms with Crippen molar-refractivity contribution in [3.8, 4) is 5.75 Å². The first-order chi connectivity index (χ1) is 11.5. The molecule has 0 radical (unpaired) electrons. The number of ether oxygens (including phenoxy) is 1. The number of hydrogen-bond donors (Lipinski definition) is 1. The summed E-state index contributed by atoms with van der Waals surface area (Å²) in [7, 11) is 0. The number of benzene rings is 2. The zero-order valence-corrected chi connectivity index (χ0v) is 15.7. The number of hydrazone groups is 1. The van der Waals surface area contributed by atoms with E-state index in [9.17, 15) is 4.79 Å². The van der Waals surface area contributed by atoms with Gasteiger partial charge in [-0.1, -0.05) is 23.8 Å². The first-order valence-corrected chi connectivity index (χ1v) is 8.59. The first kappa shape index (κ1) is 18.2. The number of amides is 1. The molecular weight excluding hydrogens is 368 g/mol. The van der Waals surface area contributed by atoms with Crippen LogP contribution in [0.5, 0.6) is 5.75 Å². The van der Waals surface area contributed by atoms with Gasteiger partial charge in [-0.3, -0.25) is 4.79 Å². The van der Waals surface area contributed by atoms with Gasteiger partial charge in [0.2, 0.25) is 5.91 Å². The van der Waals surface area contributed by atoms with Crippen LogP contribution < -0.4 is 10.2 Å². The molecule has 0 aliphatic heterocycles. The van der Waals surface area contributed by atoms with Crippen LogP contribution in [0, 0.1) is 13.8 Å². The van der Waals surface area contributed by atoms with Crippen LogP contribution in [-0.4, -0.2) is 18.7 Å². The quantitative estimate of drug-likeness (QED) is 0.596. The molecule has 0 atom stereocenters. The Hall–Kier alpha value is -2.14. The van der Waals surface area contributed by atoms with E-state index in [1.165, 1.54) is 5.56 Å². The molecule has 24 heavy (non-hydrogen) atoms. The Labute approximate surface area is 151 Å². The standard InChI is InChI=1S/C19H21BrN2O2/c1-4-24-18-8-6-15(10-17(18)20)12-21-22-19(23)11-16-7-5-13(2)9-14(16)3/h5-10,12H,4,11H2,1-3H3,(H,22,23)/b21-12+. The average molecular weight is 389 g/mol. The van der Waals surface area contributed by atoms with Crippen molar-refractivity contribution < 1.29 is 9.53 Å². The lowest BCUT2D eigenvalue weighted by Crippen LogP contribution is -2.20. The van der Waals surface area contributed by atoms with Gasteiger partial charge in [-0.05, 0) is 71.6 Å². The highest BCUT2D eigenvalue weighted by Gasteiger charge is 2.05. The summed E-state index contributed by atoms with van der Waals surface area (Å²) >= 11 is 3.45. The van der Waals surface area contributed by atoms with Crippen LogP contribution in [0.2, 0.25) is 0 Å². The van der Waals surface area contributed by atoms with Gasteiger partial charge in [0.15, 0.2) is 0 Å². The van der Waals surface area contributed by atoms with E-state index in [0.717, 1.165) is 26.9 Å². The van der Waals surface area contributed by atoms with E-state index in [2.05, 4.69) is 32.5 Å². The molecular formula is C19H21BrN2O2. The summed E-state index contributed by atoms with van der Waals surface area (Å²) < 4.78 is 6.32. The van der Waals surface area contributed by atoms with Gasteiger partial charge < -0.3 is 4.74 Å². The van der Waals surface area contributed by atoms with E-state index < -0.39 is 0 Å². The zero-order chi connectivity index (χ0) is 17.5. The highest BCUT2D eigenvalue weighted by atomic mass is 79.9. The predicted octanol–water partition coefficient (Wildman–Crippen LogP) is 4.16. The molecule has 0 spiro atoms. The second-order valence-electron chi connectivity index (χ2n) is 5.52. The van der Waals surface area contributed by atoms with Crippen molar-refractivity contribution in [2.75, 3.05) is 6.61 Å². The van der Waals surface area contributed by atoms with Crippen LogP contribution in [-0.2, 0) is 11.2 Å². The van der Waals surface area contributed by atoms with E-state index in [-0.39, 0.29) is 5.91 Å². The fourth-order valence-electron chi connectivity index (χ4n) is 2.31. The molecule has 0 aliphatic carbocycles. The van der Waals surface area contributed by atoms with Crippen LogP contribution in [0.3, 0.4) is 0 Å². The largest absolute Gasteiger partial charge is 0.493 e. The molecule has 0 saturated carbocycles. The molecule has 0 fully saturated rings. The van der Waals surface area contributed by atoms with Gasteiger partial charge in [0.25, 0.3) is 0 Å². The molecule has 1 amide bonds. The summed E-state index contributed by atoms with van der Waals surface area (Å²) in [5.41, 5.74) is 6.75. The maximum absolute atomic E-state index is 12.0. The number of carbonyl (C=O) groups is 1. The van der Waals surface area contributed by atoms with Crippen molar-refractivity contribution in [2.24, 2.45) is 5.10 Å². The van der Waals surface area contributed by atoms with Gasteiger partial charge in [0.05, 0.1) is 23.7 Å². The predicted molar refractivity (Wildman–Crippen MR) is 101 cm³/mol. The van der Waals surface area contributed by atoms with Gasteiger partial charge >= 0.3 is 0 Å². The second-order valence-corrected chi connectivity index (χ2v) is 6.38. The minimum Gasteiger partial charge on any atom is -0.493 e. The van der Waals surface area contributed by atoms with Crippen molar-refractivity contribution in [3.63, 3.8) is 0 Å². The van der Waals surface area contributed by atoms with Crippen LogP contribution in [0.25, 0.3) is 0 Å². The van der Waals surface area contributed by atoms with Gasteiger partial charge in [-0.2, -0.15) is 5.10 Å². The summed E-state index contributed by atoms with van der Waals surface area (Å²) in [5, 5.41) is 4.02. The molecule has 2 rings (SSSR count). The molecule has 2 aromatic rings. The maximum atomic E-state index is 12.0. The van der Waals surface area contributed by atoms with E-state index in [1.54, 1.807) is 6.21 Å².